The van der Waals surface area contributed by atoms with Gasteiger partial charge in [0, 0.05) is 6.07 Å². The average Bonchev–Trinajstić information content (AvgIpc) is 3.33. The zero-order valence-electron chi connectivity index (χ0n) is 14.8. The Labute approximate surface area is 148 Å². The van der Waals surface area contributed by atoms with Crippen molar-refractivity contribution in [1.82, 2.24) is 9.78 Å². The molecule has 2 aliphatic carbocycles. The summed E-state index contributed by atoms with van der Waals surface area (Å²) in [6.45, 7) is 1.98. The second-order valence-electron chi connectivity index (χ2n) is 7.17. The van der Waals surface area contributed by atoms with Crippen molar-refractivity contribution >= 4 is 11.7 Å². The largest absolute Gasteiger partial charge is 0.484 e. The molecule has 1 aromatic carbocycles. The van der Waals surface area contributed by atoms with Gasteiger partial charge in [-0.25, -0.2) is 4.68 Å². The molecule has 1 aromatic heterocycles. The Balaban J connectivity index is 1.38. The standard InChI is InChI=1S/C20H25N3O2/c1-14-11-19(23(22-14)17-7-2-3-8-17)21-20(24)13-25-18-10-9-15-5-4-6-16(15)12-18/h9-12,17H,2-8,13H2,1H3,(H,21,24). The van der Waals surface area contributed by atoms with E-state index in [-0.39, 0.29) is 12.5 Å². The molecule has 0 saturated heterocycles. The van der Waals surface area contributed by atoms with Gasteiger partial charge in [-0.3, -0.25) is 4.79 Å². The first-order chi connectivity index (χ1) is 12.2. The van der Waals surface area contributed by atoms with Crippen LogP contribution in [0.3, 0.4) is 0 Å². The van der Waals surface area contributed by atoms with E-state index < -0.39 is 0 Å². The topological polar surface area (TPSA) is 56.1 Å². The third-order valence-electron chi connectivity index (χ3n) is 5.24. The number of hydrogen-bond donors (Lipinski definition) is 1. The number of fused-ring (bicyclic) bond motifs is 1. The lowest BCUT2D eigenvalue weighted by Gasteiger charge is -2.15. The number of anilines is 1. The molecule has 0 bridgehead atoms. The summed E-state index contributed by atoms with van der Waals surface area (Å²) in [5.74, 6) is 1.42. The highest BCUT2D eigenvalue weighted by Gasteiger charge is 2.21. The Morgan fingerprint density at radius 3 is 2.84 bits per heavy atom. The SMILES string of the molecule is Cc1cc(NC(=O)COc2ccc3c(c2)CCC3)n(C2CCCC2)n1. The lowest BCUT2D eigenvalue weighted by Crippen LogP contribution is -2.23. The number of carbonyl (C=O) groups excluding carboxylic acids is 1. The van der Waals surface area contributed by atoms with Crippen molar-refractivity contribution in [1.29, 1.82) is 0 Å². The van der Waals surface area contributed by atoms with E-state index >= 15 is 0 Å². The van der Waals surface area contributed by atoms with Gasteiger partial charge in [-0.2, -0.15) is 5.10 Å². The third-order valence-corrected chi connectivity index (χ3v) is 5.24. The van der Waals surface area contributed by atoms with Gasteiger partial charge in [0.1, 0.15) is 11.6 Å². The molecule has 1 fully saturated rings. The molecule has 0 spiro atoms. The van der Waals surface area contributed by atoms with Gasteiger partial charge < -0.3 is 10.1 Å². The van der Waals surface area contributed by atoms with Crippen LogP contribution in [0, 0.1) is 6.92 Å². The van der Waals surface area contributed by atoms with Crippen molar-refractivity contribution in [3.05, 3.63) is 41.1 Å². The summed E-state index contributed by atoms with van der Waals surface area (Å²) in [7, 11) is 0. The van der Waals surface area contributed by atoms with Crippen molar-refractivity contribution in [2.45, 2.75) is 57.9 Å². The van der Waals surface area contributed by atoms with Gasteiger partial charge in [0.2, 0.25) is 0 Å². The number of amides is 1. The Kier molecular flexibility index (Phi) is 4.47. The predicted molar refractivity (Wildman–Crippen MR) is 97.1 cm³/mol. The highest BCUT2D eigenvalue weighted by atomic mass is 16.5. The number of aryl methyl sites for hydroxylation is 3. The number of rotatable bonds is 5. The van der Waals surface area contributed by atoms with Gasteiger partial charge in [0.15, 0.2) is 6.61 Å². The van der Waals surface area contributed by atoms with Crippen molar-refractivity contribution in [3.8, 4) is 5.75 Å². The summed E-state index contributed by atoms with van der Waals surface area (Å²) < 4.78 is 7.68. The van der Waals surface area contributed by atoms with Crippen LogP contribution in [0.4, 0.5) is 5.82 Å². The summed E-state index contributed by atoms with van der Waals surface area (Å²) >= 11 is 0. The fraction of sp³-hybridized carbons (Fsp3) is 0.500. The number of ether oxygens (including phenoxy) is 1. The van der Waals surface area contributed by atoms with Gasteiger partial charge in [0.25, 0.3) is 5.91 Å². The molecule has 2 aliphatic rings. The molecule has 2 aromatic rings. The van der Waals surface area contributed by atoms with Crippen LogP contribution in [0.1, 0.15) is 55.0 Å². The van der Waals surface area contributed by atoms with Crippen LogP contribution < -0.4 is 10.1 Å². The van der Waals surface area contributed by atoms with Crippen molar-refractivity contribution < 1.29 is 9.53 Å². The van der Waals surface area contributed by atoms with E-state index in [2.05, 4.69) is 22.5 Å². The summed E-state index contributed by atoms with van der Waals surface area (Å²) in [5.41, 5.74) is 3.70. The van der Waals surface area contributed by atoms with Crippen LogP contribution in [0.5, 0.6) is 5.75 Å². The molecule has 0 unspecified atom stereocenters. The highest BCUT2D eigenvalue weighted by Crippen LogP contribution is 2.32. The molecule has 1 amide bonds. The van der Waals surface area contributed by atoms with E-state index in [1.165, 1.54) is 30.4 Å². The van der Waals surface area contributed by atoms with Crippen LogP contribution in [0.15, 0.2) is 24.3 Å². The summed E-state index contributed by atoms with van der Waals surface area (Å²) in [4.78, 5) is 12.3. The Bertz CT molecular complexity index is 775. The number of nitrogens with zero attached hydrogens (tertiary/aromatic N) is 2. The van der Waals surface area contributed by atoms with Crippen molar-refractivity contribution in [3.63, 3.8) is 0 Å². The van der Waals surface area contributed by atoms with Crippen molar-refractivity contribution in [2.75, 3.05) is 11.9 Å². The first-order valence-electron chi connectivity index (χ1n) is 9.29. The molecule has 1 N–H and O–H groups in total. The van der Waals surface area contributed by atoms with Gasteiger partial charge in [-0.15, -0.1) is 0 Å². The average molecular weight is 339 g/mol. The fourth-order valence-corrected chi connectivity index (χ4v) is 4.00. The molecular formula is C20H25N3O2. The fourth-order valence-electron chi connectivity index (χ4n) is 4.00. The predicted octanol–water partition coefficient (Wildman–Crippen LogP) is 3.81. The number of nitrogens with one attached hydrogen (secondary N) is 1. The lowest BCUT2D eigenvalue weighted by atomic mass is 10.1. The summed E-state index contributed by atoms with van der Waals surface area (Å²) in [6, 6.07) is 8.49. The van der Waals surface area contributed by atoms with Crippen LogP contribution >= 0.6 is 0 Å². The zero-order valence-corrected chi connectivity index (χ0v) is 14.8. The Hall–Kier alpha value is -2.30. The Morgan fingerprint density at radius 2 is 2.00 bits per heavy atom. The van der Waals surface area contributed by atoms with Gasteiger partial charge in [-0.05, 0) is 62.3 Å². The maximum absolute atomic E-state index is 12.3. The first-order valence-corrected chi connectivity index (χ1v) is 9.29. The lowest BCUT2D eigenvalue weighted by molar-refractivity contribution is -0.118. The van der Waals surface area contributed by atoms with Gasteiger partial charge >= 0.3 is 0 Å². The minimum atomic E-state index is -0.139. The number of benzene rings is 1. The van der Waals surface area contributed by atoms with Crippen LogP contribution in [-0.2, 0) is 17.6 Å². The highest BCUT2D eigenvalue weighted by molar-refractivity contribution is 5.91. The van der Waals surface area contributed by atoms with E-state index in [4.69, 9.17) is 4.74 Å². The van der Waals surface area contributed by atoms with E-state index in [1.807, 2.05) is 23.7 Å². The second kappa shape index (κ2) is 6.90. The second-order valence-corrected chi connectivity index (χ2v) is 7.17. The number of hydrogen-bond acceptors (Lipinski definition) is 3. The molecule has 0 atom stereocenters. The monoisotopic (exact) mass is 339 g/mol. The minimum Gasteiger partial charge on any atom is -0.484 e. The molecule has 5 heteroatoms. The van der Waals surface area contributed by atoms with Gasteiger partial charge in [-0.1, -0.05) is 18.9 Å². The third kappa shape index (κ3) is 3.55. The Morgan fingerprint density at radius 1 is 1.20 bits per heavy atom. The zero-order chi connectivity index (χ0) is 17.2. The molecule has 5 nitrogen and oxygen atoms in total. The molecule has 0 aliphatic heterocycles. The molecule has 0 radical (unpaired) electrons. The van der Waals surface area contributed by atoms with E-state index in [9.17, 15) is 4.79 Å². The van der Waals surface area contributed by atoms with E-state index in [1.54, 1.807) is 0 Å². The normalized spacial score (nSPS) is 16.8. The quantitative estimate of drug-likeness (QED) is 0.901. The van der Waals surface area contributed by atoms with Gasteiger partial charge in [0.05, 0.1) is 11.7 Å². The van der Waals surface area contributed by atoms with Crippen LogP contribution in [-0.4, -0.2) is 22.3 Å². The minimum absolute atomic E-state index is 0.0215. The molecule has 4 rings (SSSR count). The molecular weight excluding hydrogens is 314 g/mol. The maximum Gasteiger partial charge on any atom is 0.263 e. The van der Waals surface area contributed by atoms with Crippen LogP contribution in [0.25, 0.3) is 0 Å². The number of aromatic nitrogens is 2. The summed E-state index contributed by atoms with van der Waals surface area (Å²) in [6.07, 6.45) is 8.21. The van der Waals surface area contributed by atoms with E-state index in [0.29, 0.717) is 6.04 Å². The van der Waals surface area contributed by atoms with Crippen molar-refractivity contribution in [2.24, 2.45) is 0 Å². The first kappa shape index (κ1) is 16.2. The molecule has 25 heavy (non-hydrogen) atoms. The number of carbonyl (C=O) groups is 1. The smallest absolute Gasteiger partial charge is 0.263 e. The van der Waals surface area contributed by atoms with E-state index in [0.717, 1.165) is 42.9 Å². The molecule has 1 heterocycles. The molecule has 132 valence electrons. The van der Waals surface area contributed by atoms with Crippen LogP contribution in [0.2, 0.25) is 0 Å². The summed E-state index contributed by atoms with van der Waals surface area (Å²) in [5, 5.41) is 7.53. The molecule has 1 saturated carbocycles. The maximum atomic E-state index is 12.3.